The van der Waals surface area contributed by atoms with Crippen LogP contribution in [0.2, 0.25) is 0 Å². The van der Waals surface area contributed by atoms with Crippen LogP contribution in [0.25, 0.3) is 11.1 Å². The van der Waals surface area contributed by atoms with Gasteiger partial charge in [-0.25, -0.2) is 4.79 Å². The van der Waals surface area contributed by atoms with E-state index in [1.165, 1.54) is 0 Å². The Balaban J connectivity index is 2.03. The molecule has 0 radical (unpaired) electrons. The van der Waals surface area contributed by atoms with Crippen molar-refractivity contribution in [1.82, 2.24) is 0 Å². The van der Waals surface area contributed by atoms with Gasteiger partial charge in [-0.3, -0.25) is 4.79 Å². The Hall–Kier alpha value is -3.20. The third kappa shape index (κ3) is 3.66. The summed E-state index contributed by atoms with van der Waals surface area (Å²) < 4.78 is 5.06. The van der Waals surface area contributed by atoms with Crippen LogP contribution in [0.4, 0.5) is 0 Å². The summed E-state index contributed by atoms with van der Waals surface area (Å²) in [5.41, 5.74) is 3.32. The minimum absolute atomic E-state index is 0.0438. The fourth-order valence-electron chi connectivity index (χ4n) is 2.71. The fourth-order valence-corrected chi connectivity index (χ4v) is 2.71. The zero-order valence-corrected chi connectivity index (χ0v) is 13.9. The Bertz CT molecular complexity index is 898. The van der Waals surface area contributed by atoms with E-state index in [1.54, 1.807) is 37.3 Å². The van der Waals surface area contributed by atoms with Gasteiger partial charge in [0, 0.05) is 11.1 Å². The molecular formula is C22H18O3. The maximum Gasteiger partial charge on any atom is 0.338 e. The number of hydrogen-bond donors (Lipinski definition) is 0. The summed E-state index contributed by atoms with van der Waals surface area (Å²) in [6.45, 7) is 2.10. The number of ether oxygens (including phenoxy) is 1. The smallest absolute Gasteiger partial charge is 0.338 e. The monoisotopic (exact) mass is 330 g/mol. The summed E-state index contributed by atoms with van der Waals surface area (Å²) in [6.07, 6.45) is 0. The van der Waals surface area contributed by atoms with E-state index >= 15 is 0 Å². The first-order valence-corrected chi connectivity index (χ1v) is 8.17. The molecule has 3 aromatic rings. The Kier molecular flexibility index (Phi) is 5.05. The van der Waals surface area contributed by atoms with Crippen LogP contribution in [-0.2, 0) is 4.74 Å². The molecule has 0 aliphatic rings. The molecule has 0 saturated carbocycles. The predicted octanol–water partition coefficient (Wildman–Crippen LogP) is 4.76. The van der Waals surface area contributed by atoms with Crippen LogP contribution in [0.15, 0.2) is 78.9 Å². The van der Waals surface area contributed by atoms with Crippen molar-refractivity contribution >= 4 is 11.8 Å². The van der Waals surface area contributed by atoms with Gasteiger partial charge in [0.2, 0.25) is 0 Å². The van der Waals surface area contributed by atoms with Crippen LogP contribution in [0, 0.1) is 0 Å². The van der Waals surface area contributed by atoms with Crippen LogP contribution in [0.3, 0.4) is 0 Å². The highest BCUT2D eigenvalue weighted by molar-refractivity contribution is 6.13. The molecule has 3 aromatic carbocycles. The van der Waals surface area contributed by atoms with Crippen LogP contribution in [-0.4, -0.2) is 18.4 Å². The summed E-state index contributed by atoms with van der Waals surface area (Å²) in [7, 11) is 0. The van der Waals surface area contributed by atoms with Gasteiger partial charge in [0.15, 0.2) is 5.78 Å². The van der Waals surface area contributed by atoms with Gasteiger partial charge in [0.05, 0.1) is 12.2 Å². The molecule has 0 aliphatic carbocycles. The Labute approximate surface area is 146 Å². The Morgan fingerprint density at radius 1 is 0.800 bits per heavy atom. The van der Waals surface area contributed by atoms with Crippen molar-refractivity contribution in [2.75, 3.05) is 6.61 Å². The summed E-state index contributed by atoms with van der Waals surface area (Å²) in [4.78, 5) is 24.8. The van der Waals surface area contributed by atoms with Gasteiger partial charge in [-0.2, -0.15) is 0 Å². The molecule has 3 nitrogen and oxygen atoms in total. The Morgan fingerprint density at radius 3 is 2.24 bits per heavy atom. The van der Waals surface area contributed by atoms with Crippen molar-refractivity contribution < 1.29 is 14.3 Å². The molecule has 0 aliphatic heterocycles. The summed E-state index contributed by atoms with van der Waals surface area (Å²) in [5, 5.41) is 0. The summed E-state index contributed by atoms with van der Waals surface area (Å²) >= 11 is 0. The highest BCUT2D eigenvalue weighted by Gasteiger charge is 2.15. The number of ketones is 1. The van der Waals surface area contributed by atoms with E-state index in [4.69, 9.17) is 4.74 Å². The van der Waals surface area contributed by atoms with Crippen LogP contribution < -0.4 is 0 Å². The molecular weight excluding hydrogens is 312 g/mol. The van der Waals surface area contributed by atoms with Crippen molar-refractivity contribution in [3.63, 3.8) is 0 Å². The number of rotatable bonds is 5. The van der Waals surface area contributed by atoms with Gasteiger partial charge >= 0.3 is 5.97 Å². The zero-order valence-electron chi connectivity index (χ0n) is 13.9. The molecule has 0 aromatic heterocycles. The predicted molar refractivity (Wildman–Crippen MR) is 97.7 cm³/mol. The average Bonchev–Trinajstić information content (AvgIpc) is 2.68. The van der Waals surface area contributed by atoms with E-state index in [-0.39, 0.29) is 11.8 Å². The van der Waals surface area contributed by atoms with Gasteiger partial charge < -0.3 is 4.74 Å². The maximum absolute atomic E-state index is 12.9. The number of benzene rings is 3. The lowest BCUT2D eigenvalue weighted by atomic mass is 9.93. The second kappa shape index (κ2) is 7.58. The summed E-state index contributed by atoms with van der Waals surface area (Å²) in [6, 6.07) is 23.7. The van der Waals surface area contributed by atoms with Crippen molar-refractivity contribution in [2.45, 2.75) is 6.92 Å². The highest BCUT2D eigenvalue weighted by Crippen LogP contribution is 2.26. The van der Waals surface area contributed by atoms with Gasteiger partial charge in [0.25, 0.3) is 0 Å². The largest absolute Gasteiger partial charge is 0.462 e. The molecule has 3 rings (SSSR count). The maximum atomic E-state index is 12.9. The normalized spacial score (nSPS) is 10.3. The lowest BCUT2D eigenvalue weighted by molar-refractivity contribution is 0.0526. The second-order valence-corrected chi connectivity index (χ2v) is 5.54. The fraction of sp³-hybridized carbons (Fsp3) is 0.0909. The van der Waals surface area contributed by atoms with E-state index in [1.807, 2.05) is 48.5 Å². The standard InChI is InChI=1S/C22H18O3/c1-2-25-22(24)18-12-8-11-17(15-18)19-13-6-7-14-20(19)21(23)16-9-4-3-5-10-16/h3-15H,2H2,1H3. The summed E-state index contributed by atoms with van der Waals surface area (Å²) in [5.74, 6) is -0.408. The molecule has 0 unspecified atom stereocenters. The van der Waals surface area contributed by atoms with Crippen LogP contribution in [0.5, 0.6) is 0 Å². The van der Waals surface area contributed by atoms with E-state index < -0.39 is 0 Å². The number of carbonyl (C=O) groups excluding carboxylic acids is 2. The van der Waals surface area contributed by atoms with Gasteiger partial charge in [0.1, 0.15) is 0 Å². The molecule has 0 spiro atoms. The molecule has 0 amide bonds. The van der Waals surface area contributed by atoms with Gasteiger partial charge in [-0.05, 0) is 30.2 Å². The van der Waals surface area contributed by atoms with Gasteiger partial charge in [-0.1, -0.05) is 66.7 Å². The minimum atomic E-state index is -0.365. The lowest BCUT2D eigenvalue weighted by Crippen LogP contribution is -2.06. The van der Waals surface area contributed by atoms with E-state index in [9.17, 15) is 9.59 Å². The Morgan fingerprint density at radius 2 is 1.48 bits per heavy atom. The third-order valence-electron chi connectivity index (χ3n) is 3.89. The molecule has 25 heavy (non-hydrogen) atoms. The number of hydrogen-bond acceptors (Lipinski definition) is 3. The van der Waals surface area contributed by atoms with E-state index in [0.29, 0.717) is 23.3 Å². The molecule has 0 N–H and O–H groups in total. The van der Waals surface area contributed by atoms with Crippen LogP contribution >= 0.6 is 0 Å². The van der Waals surface area contributed by atoms with Crippen molar-refractivity contribution in [2.24, 2.45) is 0 Å². The topological polar surface area (TPSA) is 43.4 Å². The first-order valence-electron chi connectivity index (χ1n) is 8.17. The quantitative estimate of drug-likeness (QED) is 0.500. The first kappa shape index (κ1) is 16.7. The highest BCUT2D eigenvalue weighted by atomic mass is 16.5. The third-order valence-corrected chi connectivity index (χ3v) is 3.89. The molecule has 0 bridgehead atoms. The molecule has 3 heteroatoms. The molecule has 0 atom stereocenters. The molecule has 0 fully saturated rings. The van der Waals surface area contributed by atoms with Crippen molar-refractivity contribution in [3.8, 4) is 11.1 Å². The SMILES string of the molecule is CCOC(=O)c1cccc(-c2ccccc2C(=O)c2ccccc2)c1. The van der Waals surface area contributed by atoms with Gasteiger partial charge in [-0.15, -0.1) is 0 Å². The average molecular weight is 330 g/mol. The molecule has 124 valence electrons. The van der Waals surface area contributed by atoms with Crippen molar-refractivity contribution in [3.05, 3.63) is 95.6 Å². The van der Waals surface area contributed by atoms with Crippen molar-refractivity contribution in [1.29, 1.82) is 0 Å². The molecule has 0 saturated heterocycles. The second-order valence-electron chi connectivity index (χ2n) is 5.54. The van der Waals surface area contributed by atoms with E-state index in [0.717, 1.165) is 11.1 Å². The van der Waals surface area contributed by atoms with E-state index in [2.05, 4.69) is 0 Å². The minimum Gasteiger partial charge on any atom is -0.462 e. The van der Waals surface area contributed by atoms with Crippen LogP contribution in [0.1, 0.15) is 33.2 Å². The first-order chi connectivity index (χ1) is 12.2. The number of carbonyl (C=O) groups is 2. The number of esters is 1. The zero-order chi connectivity index (χ0) is 17.6. The molecule has 0 heterocycles. The lowest BCUT2D eigenvalue weighted by Gasteiger charge is -2.10.